The van der Waals surface area contributed by atoms with Crippen molar-refractivity contribution in [2.24, 2.45) is 0 Å². The number of halogens is 1. The molecule has 2 nitrogen and oxygen atoms in total. The summed E-state index contributed by atoms with van der Waals surface area (Å²) >= 11 is 6.23. The van der Waals surface area contributed by atoms with E-state index in [0.717, 1.165) is 36.3 Å². The maximum atomic E-state index is 6.23. The van der Waals surface area contributed by atoms with Gasteiger partial charge in [0.1, 0.15) is 0 Å². The lowest BCUT2D eigenvalue weighted by atomic mass is 10.0. The normalized spacial score (nSPS) is 17.1. The van der Waals surface area contributed by atoms with Crippen LogP contribution in [0.5, 0.6) is 0 Å². The molecule has 106 valence electrons. The van der Waals surface area contributed by atoms with Crippen molar-refractivity contribution in [3.63, 3.8) is 0 Å². The second-order valence-corrected chi connectivity index (χ2v) is 5.94. The minimum absolute atomic E-state index is 0.723. The van der Waals surface area contributed by atoms with Gasteiger partial charge in [-0.1, -0.05) is 30.7 Å². The second kappa shape index (κ2) is 7.28. The Hall–Kier alpha value is -0.570. The Kier molecular flexibility index (Phi) is 5.68. The molecule has 0 aliphatic carbocycles. The fraction of sp³-hybridized carbons (Fsp3) is 0.625. The van der Waals surface area contributed by atoms with Gasteiger partial charge in [0, 0.05) is 17.6 Å². The number of nitrogens with zero attached hydrogens (tertiary/aromatic N) is 1. The number of benzene rings is 1. The van der Waals surface area contributed by atoms with E-state index >= 15 is 0 Å². The molecular formula is C16H25ClN2. The predicted molar refractivity (Wildman–Crippen MR) is 82.8 cm³/mol. The third-order valence-corrected chi connectivity index (χ3v) is 4.37. The smallest absolute Gasteiger partial charge is 0.0438 e. The van der Waals surface area contributed by atoms with E-state index in [0.29, 0.717) is 0 Å². The Balaban J connectivity index is 2.04. The van der Waals surface area contributed by atoms with Crippen LogP contribution in [0.25, 0.3) is 0 Å². The summed E-state index contributed by atoms with van der Waals surface area (Å²) in [6, 6.07) is 7.19. The molecule has 1 aromatic rings. The van der Waals surface area contributed by atoms with Crippen molar-refractivity contribution in [2.45, 2.75) is 45.7 Å². The van der Waals surface area contributed by atoms with Gasteiger partial charge in [-0.05, 0) is 63.0 Å². The lowest BCUT2D eigenvalue weighted by molar-refractivity contribution is 0.154. The van der Waals surface area contributed by atoms with E-state index in [1.807, 2.05) is 0 Å². The van der Waals surface area contributed by atoms with Gasteiger partial charge < -0.3 is 5.32 Å². The number of nitrogens with one attached hydrogen (secondary N) is 1. The molecule has 0 saturated carbocycles. The Morgan fingerprint density at radius 2 is 2.05 bits per heavy atom. The van der Waals surface area contributed by atoms with Crippen LogP contribution in [0.15, 0.2) is 18.2 Å². The fourth-order valence-corrected chi connectivity index (χ4v) is 3.02. The van der Waals surface area contributed by atoms with Crippen molar-refractivity contribution < 1.29 is 0 Å². The van der Waals surface area contributed by atoms with Crippen LogP contribution in [0.3, 0.4) is 0 Å². The summed E-state index contributed by atoms with van der Waals surface area (Å²) in [7, 11) is 0. The van der Waals surface area contributed by atoms with Gasteiger partial charge in [-0.3, -0.25) is 4.90 Å². The molecule has 0 radical (unpaired) electrons. The number of aryl methyl sites for hydroxylation is 1. The van der Waals surface area contributed by atoms with E-state index in [1.54, 1.807) is 0 Å². The largest absolute Gasteiger partial charge is 0.317 e. The molecule has 0 amide bonds. The number of rotatable bonds is 5. The Labute approximate surface area is 122 Å². The monoisotopic (exact) mass is 280 g/mol. The Bertz CT molecular complexity index is 400. The summed E-state index contributed by atoms with van der Waals surface area (Å²) in [5, 5.41) is 4.33. The zero-order valence-electron chi connectivity index (χ0n) is 12.1. The van der Waals surface area contributed by atoms with Gasteiger partial charge in [-0.25, -0.2) is 0 Å². The maximum absolute atomic E-state index is 6.23. The zero-order chi connectivity index (χ0) is 13.7. The molecule has 0 atom stereocenters. The van der Waals surface area contributed by atoms with Crippen molar-refractivity contribution in [1.82, 2.24) is 10.2 Å². The topological polar surface area (TPSA) is 15.3 Å². The lowest BCUT2D eigenvalue weighted by Crippen LogP contribution is -2.43. The minimum Gasteiger partial charge on any atom is -0.317 e. The molecule has 3 heteroatoms. The molecular weight excluding hydrogens is 256 g/mol. The van der Waals surface area contributed by atoms with Crippen molar-refractivity contribution >= 4 is 11.6 Å². The quantitative estimate of drug-likeness (QED) is 0.886. The van der Waals surface area contributed by atoms with Crippen LogP contribution in [0.2, 0.25) is 5.02 Å². The van der Waals surface area contributed by atoms with E-state index in [2.05, 4.69) is 42.3 Å². The van der Waals surface area contributed by atoms with Gasteiger partial charge in [-0.2, -0.15) is 0 Å². The molecule has 0 aromatic heterocycles. The van der Waals surface area contributed by atoms with Gasteiger partial charge in [0.2, 0.25) is 0 Å². The number of hydrogen-bond acceptors (Lipinski definition) is 2. The maximum Gasteiger partial charge on any atom is 0.0438 e. The number of piperidine rings is 1. The first kappa shape index (κ1) is 14.8. The summed E-state index contributed by atoms with van der Waals surface area (Å²) in [4.78, 5) is 2.63. The van der Waals surface area contributed by atoms with Crippen molar-refractivity contribution in [3.8, 4) is 0 Å². The molecule has 0 bridgehead atoms. The Morgan fingerprint density at radius 3 is 2.68 bits per heavy atom. The third kappa shape index (κ3) is 4.20. The summed E-state index contributed by atoms with van der Waals surface area (Å²) in [6.07, 6.45) is 3.74. The molecule has 1 aliphatic heterocycles. The van der Waals surface area contributed by atoms with E-state index in [4.69, 9.17) is 11.6 Å². The van der Waals surface area contributed by atoms with Crippen LogP contribution in [-0.2, 0) is 6.54 Å². The van der Waals surface area contributed by atoms with E-state index in [1.165, 1.54) is 31.4 Å². The highest BCUT2D eigenvalue weighted by Gasteiger charge is 2.20. The molecule has 1 N–H and O–H groups in total. The van der Waals surface area contributed by atoms with E-state index < -0.39 is 0 Å². The average molecular weight is 281 g/mol. The fourth-order valence-electron chi connectivity index (χ4n) is 2.82. The van der Waals surface area contributed by atoms with Crippen molar-refractivity contribution in [1.29, 1.82) is 0 Å². The summed E-state index contributed by atoms with van der Waals surface area (Å²) in [5.41, 5.74) is 2.50. The molecule has 1 fully saturated rings. The Morgan fingerprint density at radius 1 is 1.32 bits per heavy atom. The first-order chi connectivity index (χ1) is 9.20. The van der Waals surface area contributed by atoms with Gasteiger partial charge >= 0.3 is 0 Å². The van der Waals surface area contributed by atoms with Crippen LogP contribution in [-0.4, -0.2) is 30.6 Å². The first-order valence-electron chi connectivity index (χ1n) is 7.40. The van der Waals surface area contributed by atoms with Gasteiger partial charge in [0.15, 0.2) is 0 Å². The highest BCUT2D eigenvalue weighted by atomic mass is 35.5. The van der Waals surface area contributed by atoms with Gasteiger partial charge in [0.05, 0.1) is 0 Å². The van der Waals surface area contributed by atoms with E-state index in [-0.39, 0.29) is 0 Å². The molecule has 2 rings (SSSR count). The summed E-state index contributed by atoms with van der Waals surface area (Å²) in [5.74, 6) is 0. The predicted octanol–water partition coefficient (Wildman–Crippen LogP) is 3.61. The zero-order valence-corrected chi connectivity index (χ0v) is 12.8. The second-order valence-electron chi connectivity index (χ2n) is 5.54. The molecule has 1 aromatic carbocycles. The standard InChI is InChI=1S/C16H25ClN2/c1-3-10-19(15-6-8-18-9-7-15)12-14-5-4-13(2)16(17)11-14/h4-5,11,15,18H,3,6-10,12H2,1-2H3. The summed E-state index contributed by atoms with van der Waals surface area (Å²) in [6.45, 7) is 8.83. The SMILES string of the molecule is CCCN(Cc1ccc(C)c(Cl)c1)C1CCNCC1. The molecule has 1 saturated heterocycles. The summed E-state index contributed by atoms with van der Waals surface area (Å²) < 4.78 is 0. The molecule has 0 unspecified atom stereocenters. The van der Waals surface area contributed by atoms with Crippen molar-refractivity contribution in [3.05, 3.63) is 34.3 Å². The number of hydrogen-bond donors (Lipinski definition) is 1. The third-order valence-electron chi connectivity index (χ3n) is 3.96. The molecule has 1 aliphatic rings. The molecule has 1 heterocycles. The molecule has 19 heavy (non-hydrogen) atoms. The van der Waals surface area contributed by atoms with E-state index in [9.17, 15) is 0 Å². The highest BCUT2D eigenvalue weighted by molar-refractivity contribution is 6.31. The van der Waals surface area contributed by atoms with Crippen molar-refractivity contribution in [2.75, 3.05) is 19.6 Å². The first-order valence-corrected chi connectivity index (χ1v) is 7.78. The van der Waals surface area contributed by atoms with Crippen LogP contribution >= 0.6 is 11.6 Å². The van der Waals surface area contributed by atoms with Gasteiger partial charge in [0.25, 0.3) is 0 Å². The van der Waals surface area contributed by atoms with Crippen LogP contribution in [0.4, 0.5) is 0 Å². The minimum atomic E-state index is 0.723. The van der Waals surface area contributed by atoms with Crippen LogP contribution < -0.4 is 5.32 Å². The lowest BCUT2D eigenvalue weighted by Gasteiger charge is -2.34. The molecule has 0 spiro atoms. The van der Waals surface area contributed by atoms with Gasteiger partial charge in [-0.15, -0.1) is 0 Å². The highest BCUT2D eigenvalue weighted by Crippen LogP contribution is 2.20. The average Bonchev–Trinajstić information content (AvgIpc) is 2.43. The van der Waals surface area contributed by atoms with Crippen LogP contribution in [0.1, 0.15) is 37.3 Å². The van der Waals surface area contributed by atoms with Crippen LogP contribution in [0, 0.1) is 6.92 Å².